The maximum absolute atomic E-state index is 12.8. The fourth-order valence-corrected chi connectivity index (χ4v) is 3.41. The van der Waals surface area contributed by atoms with Gasteiger partial charge < -0.3 is 5.32 Å². The molecule has 3 aromatic rings. The van der Waals surface area contributed by atoms with Gasteiger partial charge in [-0.1, -0.05) is 60.7 Å². The number of thioether (sulfide) groups is 1. The Balaban J connectivity index is 1.76. The molecule has 0 bridgehead atoms. The van der Waals surface area contributed by atoms with E-state index < -0.39 is 0 Å². The molecule has 0 aliphatic rings. The Morgan fingerprint density at radius 3 is 2.08 bits per heavy atom. The number of hydrogen-bond donors (Lipinski definition) is 1. The minimum Gasteiger partial charge on any atom is -0.324 e. The third-order valence-corrected chi connectivity index (χ3v) is 5.00. The molecule has 3 rings (SSSR count). The highest BCUT2D eigenvalue weighted by Crippen LogP contribution is 2.25. The molecule has 26 heavy (non-hydrogen) atoms. The summed E-state index contributed by atoms with van der Waals surface area (Å²) in [7, 11) is 0. The van der Waals surface area contributed by atoms with Crippen LogP contribution in [0.2, 0.25) is 0 Å². The zero-order valence-corrected chi connectivity index (χ0v) is 15.2. The van der Waals surface area contributed by atoms with Gasteiger partial charge >= 0.3 is 0 Å². The third kappa shape index (κ3) is 4.41. The summed E-state index contributed by atoms with van der Waals surface area (Å²) < 4.78 is 0. The van der Waals surface area contributed by atoms with Crippen molar-refractivity contribution in [1.82, 2.24) is 0 Å². The van der Waals surface area contributed by atoms with Crippen molar-refractivity contribution in [1.29, 1.82) is 0 Å². The SMILES string of the molecule is C[C@@H](Sc1ccccc1)C(=O)Nc1ccccc1C(=O)c1ccccc1. The first-order valence-corrected chi connectivity index (χ1v) is 9.24. The number of nitrogens with one attached hydrogen (secondary N) is 1. The summed E-state index contributed by atoms with van der Waals surface area (Å²) in [5.41, 5.74) is 1.62. The predicted molar refractivity (Wildman–Crippen MR) is 107 cm³/mol. The van der Waals surface area contributed by atoms with Crippen molar-refractivity contribution in [2.24, 2.45) is 0 Å². The van der Waals surface area contributed by atoms with Crippen molar-refractivity contribution >= 4 is 29.1 Å². The quantitative estimate of drug-likeness (QED) is 0.494. The lowest BCUT2D eigenvalue weighted by atomic mass is 10.0. The molecule has 3 nitrogen and oxygen atoms in total. The van der Waals surface area contributed by atoms with Gasteiger partial charge in [0.1, 0.15) is 0 Å². The number of carbonyl (C=O) groups is 2. The first kappa shape index (κ1) is 18.0. The summed E-state index contributed by atoms with van der Waals surface area (Å²) in [6.45, 7) is 1.86. The Kier molecular flexibility index (Phi) is 5.87. The van der Waals surface area contributed by atoms with E-state index in [0.29, 0.717) is 16.8 Å². The van der Waals surface area contributed by atoms with Crippen LogP contribution < -0.4 is 5.32 Å². The average Bonchev–Trinajstić information content (AvgIpc) is 2.69. The van der Waals surface area contributed by atoms with Gasteiger partial charge in [0.05, 0.1) is 10.9 Å². The largest absolute Gasteiger partial charge is 0.324 e. The van der Waals surface area contributed by atoms with Crippen LogP contribution >= 0.6 is 11.8 Å². The summed E-state index contributed by atoms with van der Waals surface area (Å²) in [5.74, 6) is -0.239. The van der Waals surface area contributed by atoms with Crippen LogP contribution in [0.1, 0.15) is 22.8 Å². The van der Waals surface area contributed by atoms with Crippen LogP contribution in [0, 0.1) is 0 Å². The first-order valence-electron chi connectivity index (χ1n) is 8.36. The number of amides is 1. The van der Waals surface area contributed by atoms with E-state index >= 15 is 0 Å². The molecule has 0 fully saturated rings. The number of para-hydroxylation sites is 1. The molecule has 0 aromatic heterocycles. The monoisotopic (exact) mass is 361 g/mol. The van der Waals surface area contributed by atoms with Crippen molar-refractivity contribution < 1.29 is 9.59 Å². The van der Waals surface area contributed by atoms with E-state index in [2.05, 4.69) is 5.32 Å². The predicted octanol–water partition coefficient (Wildman–Crippen LogP) is 5.04. The number of ketones is 1. The molecule has 3 aromatic carbocycles. The molecule has 0 saturated carbocycles. The van der Waals surface area contributed by atoms with Gasteiger partial charge in [0.25, 0.3) is 0 Å². The topological polar surface area (TPSA) is 46.2 Å². The minimum atomic E-state index is -0.280. The Morgan fingerprint density at radius 2 is 1.38 bits per heavy atom. The Bertz CT molecular complexity index is 894. The molecule has 0 spiro atoms. The van der Waals surface area contributed by atoms with Gasteiger partial charge in [-0.25, -0.2) is 0 Å². The molecule has 1 amide bonds. The van der Waals surface area contributed by atoms with E-state index in [1.165, 1.54) is 11.8 Å². The highest BCUT2D eigenvalue weighted by atomic mass is 32.2. The van der Waals surface area contributed by atoms with Gasteiger partial charge in [-0.3, -0.25) is 9.59 Å². The maximum Gasteiger partial charge on any atom is 0.237 e. The molecule has 0 radical (unpaired) electrons. The van der Waals surface area contributed by atoms with E-state index in [0.717, 1.165) is 4.90 Å². The van der Waals surface area contributed by atoms with Crippen LogP contribution in [0.25, 0.3) is 0 Å². The van der Waals surface area contributed by atoms with E-state index in [9.17, 15) is 9.59 Å². The molecule has 130 valence electrons. The smallest absolute Gasteiger partial charge is 0.237 e. The molecule has 0 heterocycles. The Morgan fingerprint density at radius 1 is 0.808 bits per heavy atom. The second-order valence-corrected chi connectivity index (χ2v) is 7.22. The lowest BCUT2D eigenvalue weighted by Gasteiger charge is -2.14. The molecule has 1 N–H and O–H groups in total. The number of carbonyl (C=O) groups excluding carboxylic acids is 2. The zero-order valence-electron chi connectivity index (χ0n) is 14.4. The van der Waals surface area contributed by atoms with Gasteiger partial charge in [0.2, 0.25) is 5.91 Å². The van der Waals surface area contributed by atoms with E-state index in [4.69, 9.17) is 0 Å². The van der Waals surface area contributed by atoms with Crippen LogP contribution in [0.3, 0.4) is 0 Å². The highest BCUT2D eigenvalue weighted by Gasteiger charge is 2.18. The lowest BCUT2D eigenvalue weighted by Crippen LogP contribution is -2.23. The molecular weight excluding hydrogens is 342 g/mol. The van der Waals surface area contributed by atoms with E-state index in [-0.39, 0.29) is 16.9 Å². The molecule has 1 atom stereocenters. The van der Waals surface area contributed by atoms with Gasteiger partial charge in [0, 0.05) is 16.0 Å². The maximum atomic E-state index is 12.8. The third-order valence-electron chi connectivity index (χ3n) is 3.89. The molecule has 0 aliphatic carbocycles. The summed E-state index contributed by atoms with van der Waals surface area (Å²) in [6, 6.07) is 26.0. The number of hydrogen-bond acceptors (Lipinski definition) is 3. The van der Waals surface area contributed by atoms with Gasteiger partial charge in [-0.05, 0) is 31.2 Å². The number of benzene rings is 3. The fourth-order valence-electron chi connectivity index (χ4n) is 2.53. The molecule has 4 heteroatoms. The van der Waals surface area contributed by atoms with Crippen LogP contribution in [0.5, 0.6) is 0 Å². The minimum absolute atomic E-state index is 0.107. The van der Waals surface area contributed by atoms with Crippen LogP contribution in [0.4, 0.5) is 5.69 Å². The van der Waals surface area contributed by atoms with Gasteiger partial charge in [-0.15, -0.1) is 11.8 Å². The highest BCUT2D eigenvalue weighted by molar-refractivity contribution is 8.00. The van der Waals surface area contributed by atoms with Crippen LogP contribution in [0.15, 0.2) is 89.8 Å². The van der Waals surface area contributed by atoms with Gasteiger partial charge in [0.15, 0.2) is 5.78 Å². The van der Waals surface area contributed by atoms with Crippen LogP contribution in [-0.2, 0) is 4.79 Å². The molecular formula is C22H19NO2S. The summed E-state index contributed by atoms with van der Waals surface area (Å²) in [4.78, 5) is 26.4. The normalized spacial score (nSPS) is 11.6. The lowest BCUT2D eigenvalue weighted by molar-refractivity contribution is -0.115. The van der Waals surface area contributed by atoms with Crippen molar-refractivity contribution in [3.05, 3.63) is 96.1 Å². The number of rotatable bonds is 6. The van der Waals surface area contributed by atoms with Gasteiger partial charge in [-0.2, -0.15) is 0 Å². The standard InChI is InChI=1S/C22H19NO2S/c1-16(26-18-12-6-3-7-13-18)22(25)23-20-15-9-8-14-19(20)21(24)17-10-4-2-5-11-17/h2-16H,1H3,(H,23,25)/t16-/m1/s1. The summed E-state index contributed by atoms with van der Waals surface area (Å²) in [5, 5.41) is 2.62. The molecule has 0 aliphatic heterocycles. The summed E-state index contributed by atoms with van der Waals surface area (Å²) >= 11 is 1.48. The zero-order chi connectivity index (χ0) is 18.4. The molecule has 0 saturated heterocycles. The molecule has 0 unspecified atom stereocenters. The van der Waals surface area contributed by atoms with Crippen LogP contribution in [-0.4, -0.2) is 16.9 Å². The van der Waals surface area contributed by atoms with Crippen molar-refractivity contribution in [3.8, 4) is 0 Å². The first-order chi connectivity index (χ1) is 12.6. The van der Waals surface area contributed by atoms with Crippen molar-refractivity contribution in [2.75, 3.05) is 5.32 Å². The summed E-state index contributed by atoms with van der Waals surface area (Å²) in [6.07, 6.45) is 0. The average molecular weight is 361 g/mol. The van der Waals surface area contributed by atoms with Crippen molar-refractivity contribution in [3.63, 3.8) is 0 Å². The second-order valence-electron chi connectivity index (χ2n) is 5.80. The Labute approximate surface area is 157 Å². The van der Waals surface area contributed by atoms with E-state index in [1.807, 2.05) is 61.5 Å². The van der Waals surface area contributed by atoms with Crippen molar-refractivity contribution in [2.45, 2.75) is 17.1 Å². The second kappa shape index (κ2) is 8.50. The number of anilines is 1. The van der Waals surface area contributed by atoms with E-state index in [1.54, 1.807) is 30.3 Å². The fraction of sp³-hybridized carbons (Fsp3) is 0.0909. The Hall–Kier alpha value is -2.85.